The van der Waals surface area contributed by atoms with Crippen LogP contribution in [0, 0.1) is 0 Å². The number of ether oxygens (including phenoxy) is 2. The molecule has 40 heavy (non-hydrogen) atoms. The molecule has 1 atom stereocenters. The number of aliphatic imine (C=N–C) groups is 1. The fraction of sp³-hybridized carbons (Fsp3) is 0.464. The minimum atomic E-state index is -1.10. The van der Waals surface area contributed by atoms with Crippen molar-refractivity contribution in [1.29, 1.82) is 0 Å². The number of piperidine rings is 1. The number of hydrogen-bond acceptors (Lipinski definition) is 9. The maximum Gasteiger partial charge on any atom is 0.410 e. The molecular formula is C28H37N5O7. The highest BCUT2D eigenvalue weighted by atomic mass is 16.6. The lowest BCUT2D eigenvalue weighted by Crippen LogP contribution is -2.50. The van der Waals surface area contributed by atoms with Crippen molar-refractivity contribution in [3.8, 4) is 5.75 Å². The van der Waals surface area contributed by atoms with E-state index in [-0.39, 0.29) is 30.5 Å². The molecule has 12 nitrogen and oxygen atoms in total. The van der Waals surface area contributed by atoms with Gasteiger partial charge in [0.2, 0.25) is 11.8 Å². The number of amides is 3. The van der Waals surface area contributed by atoms with Crippen molar-refractivity contribution in [3.63, 3.8) is 0 Å². The largest absolute Gasteiger partial charge is 0.478 e. The number of nitrogens with zero attached hydrogens (tertiary/aromatic N) is 3. The summed E-state index contributed by atoms with van der Waals surface area (Å²) in [6, 6.07) is 4.02. The predicted octanol–water partition coefficient (Wildman–Crippen LogP) is 2.66. The molecule has 1 aromatic carbocycles. The molecule has 216 valence electrons. The van der Waals surface area contributed by atoms with Crippen molar-refractivity contribution in [2.45, 2.75) is 58.7 Å². The van der Waals surface area contributed by atoms with Crippen LogP contribution < -0.4 is 15.4 Å². The van der Waals surface area contributed by atoms with Gasteiger partial charge in [0.25, 0.3) is 0 Å². The van der Waals surface area contributed by atoms with Crippen molar-refractivity contribution in [2.75, 3.05) is 26.2 Å². The number of nitrogens with one attached hydrogen (secondary N) is 2. The van der Waals surface area contributed by atoms with Gasteiger partial charge in [0.1, 0.15) is 22.9 Å². The molecule has 0 aliphatic carbocycles. The molecule has 0 aromatic heterocycles. The van der Waals surface area contributed by atoms with Crippen LogP contribution in [0.3, 0.4) is 0 Å². The molecule has 2 aliphatic rings. The molecular weight excluding hydrogens is 518 g/mol. The maximum atomic E-state index is 12.3. The molecule has 0 saturated carbocycles. The normalized spacial score (nSPS) is 18.8. The standard InChI is InChI=1S/C28H37N5O7/c1-18(6-10-23(29-5)32-12-14-33(15-13-32)27(38)40-28(2,3)4)39-20-7-8-21(26(36)37)19(16-20)17-30-22-9-11-24(34)31-25(22)35/h6-8,10,16,22,30H,5,9,11-15,17H2,1-4H3,(H,36,37)(H,31,34,35)/b18-6+,23-10+. The van der Waals surface area contributed by atoms with E-state index in [9.17, 15) is 24.3 Å². The number of piperazine rings is 1. The molecule has 3 amide bonds. The molecule has 2 heterocycles. The predicted molar refractivity (Wildman–Crippen MR) is 148 cm³/mol. The number of carboxylic acid groups (broad SMARTS) is 1. The first-order valence-corrected chi connectivity index (χ1v) is 13.1. The van der Waals surface area contributed by atoms with Gasteiger partial charge < -0.3 is 29.7 Å². The van der Waals surface area contributed by atoms with E-state index in [1.807, 2.05) is 25.7 Å². The van der Waals surface area contributed by atoms with Gasteiger partial charge in [-0.1, -0.05) is 0 Å². The molecule has 3 rings (SSSR count). The molecule has 0 bridgehead atoms. The Morgan fingerprint density at radius 1 is 1.18 bits per heavy atom. The monoisotopic (exact) mass is 555 g/mol. The second-order valence-corrected chi connectivity index (χ2v) is 10.5. The fourth-order valence-electron chi connectivity index (χ4n) is 4.22. The van der Waals surface area contributed by atoms with Gasteiger partial charge in [0.15, 0.2) is 0 Å². The van der Waals surface area contributed by atoms with Gasteiger partial charge in [-0.3, -0.25) is 14.9 Å². The van der Waals surface area contributed by atoms with Crippen molar-refractivity contribution in [2.24, 2.45) is 4.99 Å². The number of allylic oxidation sites excluding steroid dienone is 3. The van der Waals surface area contributed by atoms with E-state index < -0.39 is 23.5 Å². The summed E-state index contributed by atoms with van der Waals surface area (Å²) in [7, 11) is 0. The van der Waals surface area contributed by atoms with E-state index in [2.05, 4.69) is 22.3 Å². The minimum Gasteiger partial charge on any atom is -0.478 e. The van der Waals surface area contributed by atoms with Gasteiger partial charge in [0, 0.05) is 39.1 Å². The average molecular weight is 556 g/mol. The number of hydrogen-bond donors (Lipinski definition) is 3. The number of rotatable bonds is 9. The third-order valence-electron chi connectivity index (χ3n) is 6.25. The number of aromatic carboxylic acids is 1. The lowest BCUT2D eigenvalue weighted by Gasteiger charge is -2.36. The molecule has 0 radical (unpaired) electrons. The van der Waals surface area contributed by atoms with Crippen LogP contribution in [0.2, 0.25) is 0 Å². The summed E-state index contributed by atoms with van der Waals surface area (Å²) in [5.41, 5.74) is -0.0324. The van der Waals surface area contributed by atoms with Crippen LogP contribution in [-0.4, -0.2) is 83.3 Å². The van der Waals surface area contributed by atoms with Crippen LogP contribution in [0.4, 0.5) is 4.79 Å². The summed E-state index contributed by atoms with van der Waals surface area (Å²) in [5, 5.41) is 14.9. The third-order valence-corrected chi connectivity index (χ3v) is 6.25. The third kappa shape index (κ3) is 8.67. The molecule has 2 fully saturated rings. The van der Waals surface area contributed by atoms with Gasteiger partial charge in [-0.25, -0.2) is 14.6 Å². The highest BCUT2D eigenvalue weighted by Crippen LogP contribution is 2.22. The van der Waals surface area contributed by atoms with Crippen LogP contribution in [0.1, 0.15) is 56.5 Å². The van der Waals surface area contributed by atoms with E-state index in [0.717, 1.165) is 0 Å². The molecule has 0 spiro atoms. The Morgan fingerprint density at radius 2 is 1.85 bits per heavy atom. The fourth-order valence-corrected chi connectivity index (χ4v) is 4.22. The van der Waals surface area contributed by atoms with Crippen molar-refractivity contribution in [1.82, 2.24) is 20.4 Å². The highest BCUT2D eigenvalue weighted by molar-refractivity contribution is 6.00. The lowest BCUT2D eigenvalue weighted by molar-refractivity contribution is -0.134. The molecule has 2 aliphatic heterocycles. The second kappa shape index (κ2) is 13.2. The Balaban J connectivity index is 1.63. The Hall–Kier alpha value is -4.19. The van der Waals surface area contributed by atoms with Gasteiger partial charge in [-0.2, -0.15) is 0 Å². The van der Waals surface area contributed by atoms with Crippen LogP contribution in [0.25, 0.3) is 0 Å². The summed E-state index contributed by atoms with van der Waals surface area (Å²) < 4.78 is 11.4. The Morgan fingerprint density at radius 3 is 2.45 bits per heavy atom. The van der Waals surface area contributed by atoms with Gasteiger partial charge >= 0.3 is 12.1 Å². The molecule has 1 unspecified atom stereocenters. The van der Waals surface area contributed by atoms with E-state index in [0.29, 0.717) is 55.5 Å². The number of carboxylic acids is 1. The van der Waals surface area contributed by atoms with E-state index >= 15 is 0 Å². The topological polar surface area (TPSA) is 150 Å². The summed E-state index contributed by atoms with van der Waals surface area (Å²) in [4.78, 5) is 55.3. The zero-order valence-electron chi connectivity index (χ0n) is 23.4. The zero-order chi connectivity index (χ0) is 29.4. The van der Waals surface area contributed by atoms with Crippen molar-refractivity contribution in [3.05, 3.63) is 53.1 Å². The first kappa shape index (κ1) is 30.4. The van der Waals surface area contributed by atoms with Crippen LogP contribution in [0.5, 0.6) is 5.75 Å². The number of carbonyl (C=O) groups excluding carboxylic acids is 3. The van der Waals surface area contributed by atoms with Gasteiger partial charge in [0.05, 0.1) is 11.6 Å². The lowest BCUT2D eigenvalue weighted by atomic mass is 10.0. The van der Waals surface area contributed by atoms with Crippen LogP contribution >= 0.6 is 0 Å². The second-order valence-electron chi connectivity index (χ2n) is 10.5. The zero-order valence-corrected chi connectivity index (χ0v) is 23.4. The van der Waals surface area contributed by atoms with Gasteiger partial charge in [-0.05, 0) is 76.7 Å². The van der Waals surface area contributed by atoms with Gasteiger partial charge in [-0.15, -0.1) is 0 Å². The highest BCUT2D eigenvalue weighted by Gasteiger charge is 2.27. The first-order valence-electron chi connectivity index (χ1n) is 13.1. The minimum absolute atomic E-state index is 0.0809. The van der Waals surface area contributed by atoms with Crippen LogP contribution in [-0.2, 0) is 20.9 Å². The summed E-state index contributed by atoms with van der Waals surface area (Å²) in [6.45, 7) is 13.1. The molecule has 12 heteroatoms. The van der Waals surface area contributed by atoms with Crippen molar-refractivity contribution >= 4 is 30.6 Å². The Bertz CT molecular complexity index is 1210. The van der Waals surface area contributed by atoms with Crippen molar-refractivity contribution < 1.29 is 33.8 Å². The molecule has 2 saturated heterocycles. The summed E-state index contributed by atoms with van der Waals surface area (Å²) in [6.07, 6.45) is 3.72. The Kier molecular flexibility index (Phi) is 10.1. The molecule has 1 aromatic rings. The average Bonchev–Trinajstić information content (AvgIpc) is 2.88. The summed E-state index contributed by atoms with van der Waals surface area (Å²) >= 11 is 0. The SMILES string of the molecule is C=N/C(=C\C=C(/C)Oc1ccc(C(=O)O)c(CNC2CCC(=O)NC2=O)c1)N1CCN(C(=O)OC(C)(C)C)CC1. The van der Waals surface area contributed by atoms with E-state index in [1.165, 1.54) is 6.07 Å². The van der Waals surface area contributed by atoms with E-state index in [1.54, 1.807) is 36.1 Å². The maximum absolute atomic E-state index is 12.3. The Labute approximate surface area is 233 Å². The smallest absolute Gasteiger partial charge is 0.410 e. The van der Waals surface area contributed by atoms with Crippen LogP contribution in [0.15, 0.2) is 46.9 Å². The quantitative estimate of drug-likeness (QED) is 0.181. The number of benzene rings is 1. The number of imide groups is 1. The first-order chi connectivity index (χ1) is 18.9. The molecule has 3 N–H and O–H groups in total. The number of carbonyl (C=O) groups is 4. The van der Waals surface area contributed by atoms with E-state index in [4.69, 9.17) is 9.47 Å². The summed E-state index contributed by atoms with van der Waals surface area (Å²) in [5.74, 6) is -0.271.